The monoisotopic (exact) mass is 807 g/mol. The third-order valence-electron chi connectivity index (χ3n) is 10.9. The molecule has 3 nitrogen and oxygen atoms in total. The number of benzene rings is 9. The van der Waals surface area contributed by atoms with E-state index in [4.69, 9.17) is 0 Å². The third kappa shape index (κ3) is 7.26. The summed E-state index contributed by atoms with van der Waals surface area (Å²) in [6, 6.07) is 81.7. The Morgan fingerprint density at radius 3 is 1.35 bits per heavy atom. The van der Waals surface area contributed by atoms with Crippen molar-refractivity contribution in [2.45, 2.75) is 0 Å². The molecule has 0 N–H and O–H groups in total. The van der Waals surface area contributed by atoms with E-state index in [1.54, 1.807) is 0 Å². The molecule has 0 aliphatic rings. The van der Waals surface area contributed by atoms with Gasteiger partial charge in [0.05, 0.1) is 10.4 Å². The van der Waals surface area contributed by atoms with Crippen LogP contribution in [0.25, 0.3) is 40.3 Å². The average molecular weight is 808 g/mol. The van der Waals surface area contributed by atoms with Gasteiger partial charge in [-0.25, -0.2) is 0 Å². The second-order valence-corrected chi connectivity index (χ2v) is 16.8. The smallest absolute Gasteiger partial charge is 0.0640 e. The zero-order valence-electron chi connectivity index (χ0n) is 33.1. The molecule has 2 aromatic heterocycles. The summed E-state index contributed by atoms with van der Waals surface area (Å²) in [7, 11) is 2.13. The summed E-state index contributed by atoms with van der Waals surface area (Å²) in [6.45, 7) is 0. The van der Waals surface area contributed by atoms with E-state index in [-0.39, 0.29) is 0 Å². The van der Waals surface area contributed by atoms with Crippen molar-refractivity contribution in [1.82, 2.24) is 0 Å². The second kappa shape index (κ2) is 16.6. The van der Waals surface area contributed by atoms with Gasteiger partial charge in [0.2, 0.25) is 0 Å². The van der Waals surface area contributed by atoms with E-state index in [1.165, 1.54) is 63.1 Å². The van der Waals surface area contributed by atoms with Gasteiger partial charge < -0.3 is 14.7 Å². The zero-order chi connectivity index (χ0) is 40.3. The lowest BCUT2D eigenvalue weighted by molar-refractivity contribution is 1.21. The van der Waals surface area contributed by atoms with Gasteiger partial charge in [-0.2, -0.15) is 0 Å². The van der Waals surface area contributed by atoms with Crippen LogP contribution in [0, 0.1) is 0 Å². The molecule has 60 heavy (non-hydrogen) atoms. The Kier molecular flexibility index (Phi) is 10.3. The highest BCUT2D eigenvalue weighted by Crippen LogP contribution is 2.46. The highest BCUT2D eigenvalue weighted by atomic mass is 32.1. The Morgan fingerprint density at radius 1 is 0.283 bits per heavy atom. The number of thiophene rings is 2. The number of rotatable bonds is 8. The molecular weight excluding hydrogens is 767 g/mol. The molecule has 0 aliphatic heterocycles. The van der Waals surface area contributed by atoms with Crippen LogP contribution in [0.5, 0.6) is 0 Å². The van der Waals surface area contributed by atoms with Crippen molar-refractivity contribution in [3.05, 3.63) is 231 Å². The Bertz CT molecular complexity index is 3090. The Morgan fingerprint density at radius 2 is 0.750 bits per heavy atom. The minimum atomic E-state index is 1.16. The van der Waals surface area contributed by atoms with Gasteiger partial charge in [0.1, 0.15) is 0 Å². The lowest BCUT2D eigenvalue weighted by Gasteiger charge is -2.25. The van der Waals surface area contributed by atoms with Gasteiger partial charge in [0, 0.05) is 82.5 Å². The highest BCUT2D eigenvalue weighted by molar-refractivity contribution is 7.26. The molecule has 0 spiro atoms. The van der Waals surface area contributed by atoms with Crippen molar-refractivity contribution in [2.75, 3.05) is 21.7 Å². The Labute approximate surface area is 358 Å². The topological polar surface area (TPSA) is 9.72 Å². The molecule has 2 heterocycles. The normalized spacial score (nSPS) is 11.1. The van der Waals surface area contributed by atoms with E-state index >= 15 is 0 Å². The van der Waals surface area contributed by atoms with Crippen LogP contribution in [0.1, 0.15) is 0 Å². The summed E-state index contributed by atoms with van der Waals surface area (Å²) in [5.41, 5.74) is 9.40. The van der Waals surface area contributed by atoms with Crippen LogP contribution < -0.4 is 14.7 Å². The van der Waals surface area contributed by atoms with Gasteiger partial charge in [-0.3, -0.25) is 0 Å². The van der Waals surface area contributed by atoms with Crippen molar-refractivity contribution in [1.29, 1.82) is 0 Å². The van der Waals surface area contributed by atoms with E-state index in [2.05, 4.69) is 252 Å². The fraction of sp³-hybridized carbons (Fsp3) is 0.0182. The van der Waals surface area contributed by atoms with Crippen LogP contribution in [0.15, 0.2) is 231 Å². The average Bonchev–Trinajstić information content (AvgIpc) is 3.89. The molecule has 0 saturated heterocycles. The van der Waals surface area contributed by atoms with Crippen molar-refractivity contribution in [3.63, 3.8) is 0 Å². The molecule has 0 unspecified atom stereocenters. The number of hydrogen-bond acceptors (Lipinski definition) is 5. The van der Waals surface area contributed by atoms with Crippen LogP contribution in [-0.4, -0.2) is 7.05 Å². The van der Waals surface area contributed by atoms with Gasteiger partial charge in [-0.05, 0) is 103 Å². The SMILES string of the molecule is CN(c1ccccc1)c1ccc2c(c1)sc1c(N(c3ccccc3)c3ccccc3)cccc12.c1ccc(N(c2ccccc2)c2ccc3sc4ccccc4c3c2)cc1. The molecule has 9 aromatic carbocycles. The summed E-state index contributed by atoms with van der Waals surface area (Å²) in [5, 5.41) is 5.24. The number of hydrogen-bond donors (Lipinski definition) is 0. The van der Waals surface area contributed by atoms with Crippen LogP contribution >= 0.6 is 22.7 Å². The van der Waals surface area contributed by atoms with E-state index in [1.807, 2.05) is 22.7 Å². The van der Waals surface area contributed by atoms with Crippen LogP contribution in [0.3, 0.4) is 0 Å². The molecule has 5 heteroatoms. The molecule has 11 rings (SSSR count). The van der Waals surface area contributed by atoms with Crippen molar-refractivity contribution < 1.29 is 0 Å². The number of para-hydroxylation sites is 5. The van der Waals surface area contributed by atoms with E-state index < -0.39 is 0 Å². The quantitative estimate of drug-likeness (QED) is 0.151. The molecule has 0 amide bonds. The van der Waals surface area contributed by atoms with Gasteiger partial charge >= 0.3 is 0 Å². The summed E-state index contributed by atoms with van der Waals surface area (Å²) >= 11 is 3.72. The van der Waals surface area contributed by atoms with E-state index in [9.17, 15) is 0 Å². The maximum Gasteiger partial charge on any atom is 0.0640 e. The standard InChI is InChI=1S/C31H24N2S.C24H17NS/c1-32(23-12-5-2-6-13-23)26-20-21-27-28-18-11-19-29(31(28)34-30(27)22-26)33(24-14-7-3-8-15-24)25-16-9-4-10-17-25;1-3-9-18(10-4-1)25(19-11-5-2-6-12-19)20-15-16-24-22(17-20)21-13-7-8-14-23(21)26-24/h2-22H,1H3;1-17H. The number of nitrogens with zero attached hydrogens (tertiary/aromatic N) is 3. The van der Waals surface area contributed by atoms with Crippen LogP contribution in [0.4, 0.5) is 45.5 Å². The van der Waals surface area contributed by atoms with E-state index in [0.29, 0.717) is 0 Å². The summed E-state index contributed by atoms with van der Waals surface area (Å²) < 4.78 is 5.26. The van der Waals surface area contributed by atoms with Gasteiger partial charge in [-0.15, -0.1) is 22.7 Å². The first kappa shape index (κ1) is 37.1. The van der Waals surface area contributed by atoms with Crippen LogP contribution in [-0.2, 0) is 0 Å². The van der Waals surface area contributed by atoms with Gasteiger partial charge in [0.15, 0.2) is 0 Å². The maximum absolute atomic E-state index is 2.36. The summed E-state index contributed by atoms with van der Waals surface area (Å²) in [6.07, 6.45) is 0. The lowest BCUT2D eigenvalue weighted by Crippen LogP contribution is -2.09. The third-order valence-corrected chi connectivity index (χ3v) is 13.3. The first-order valence-electron chi connectivity index (χ1n) is 20.2. The van der Waals surface area contributed by atoms with Crippen molar-refractivity contribution in [3.8, 4) is 0 Å². The largest absolute Gasteiger partial charge is 0.345 e. The zero-order valence-corrected chi connectivity index (χ0v) is 34.7. The molecule has 0 bridgehead atoms. The predicted molar refractivity (Wildman–Crippen MR) is 263 cm³/mol. The lowest BCUT2D eigenvalue weighted by atomic mass is 10.1. The Hall–Kier alpha value is -7.18. The second-order valence-electron chi connectivity index (χ2n) is 14.6. The highest BCUT2D eigenvalue weighted by Gasteiger charge is 2.19. The van der Waals surface area contributed by atoms with Gasteiger partial charge in [0.25, 0.3) is 0 Å². The Balaban J connectivity index is 0.000000149. The number of anilines is 8. The summed E-state index contributed by atoms with van der Waals surface area (Å²) in [5.74, 6) is 0. The van der Waals surface area contributed by atoms with Crippen LogP contribution in [0.2, 0.25) is 0 Å². The first-order valence-corrected chi connectivity index (χ1v) is 21.8. The predicted octanol–water partition coefficient (Wildman–Crippen LogP) is 16.8. The van der Waals surface area contributed by atoms with E-state index in [0.717, 1.165) is 22.7 Å². The van der Waals surface area contributed by atoms with Crippen molar-refractivity contribution >= 4 is 109 Å². The molecule has 0 radical (unpaired) electrons. The minimum absolute atomic E-state index is 1.16. The number of fused-ring (bicyclic) bond motifs is 6. The first-order chi connectivity index (χ1) is 29.7. The molecular formula is C55H41N3S2. The molecule has 288 valence electrons. The molecule has 0 fully saturated rings. The molecule has 0 atom stereocenters. The molecule has 11 aromatic rings. The van der Waals surface area contributed by atoms with Gasteiger partial charge in [-0.1, -0.05) is 127 Å². The molecule has 0 saturated carbocycles. The minimum Gasteiger partial charge on any atom is -0.345 e. The fourth-order valence-electron chi connectivity index (χ4n) is 7.99. The molecule has 0 aliphatic carbocycles. The fourth-order valence-corrected chi connectivity index (χ4v) is 10.3. The summed E-state index contributed by atoms with van der Waals surface area (Å²) in [4.78, 5) is 6.91. The van der Waals surface area contributed by atoms with Crippen molar-refractivity contribution in [2.24, 2.45) is 0 Å². The maximum atomic E-state index is 2.36.